The summed E-state index contributed by atoms with van der Waals surface area (Å²) in [6.07, 6.45) is 0.221. The number of aliphatic hydroxyl groups is 1. The van der Waals surface area contributed by atoms with E-state index >= 15 is 0 Å². The molecule has 0 fully saturated rings. The lowest BCUT2D eigenvalue weighted by Crippen LogP contribution is -2.34. The normalized spacial score (nSPS) is 15.3. The molecule has 0 saturated carbocycles. The minimum Gasteiger partial charge on any atom is -0.478 e. The van der Waals surface area contributed by atoms with E-state index in [1.807, 2.05) is 22.0 Å². The van der Waals surface area contributed by atoms with Crippen LogP contribution >= 0.6 is 36.8 Å². The van der Waals surface area contributed by atoms with Crippen LogP contribution in [0.2, 0.25) is 0 Å². The molecule has 1 aliphatic rings. The standard InChI is InChI=1S/C14H19N3O3S.2ClH/c15-7-13(18)12-8-17(21-9-12)16-6-5-10-1-3-11(4-2-10)14(19)20;;/h1-4,9,13,16,18H,5-8,15H2,(H,19,20);2*1H. The van der Waals surface area contributed by atoms with Gasteiger partial charge < -0.3 is 15.9 Å². The maximum atomic E-state index is 10.8. The van der Waals surface area contributed by atoms with Crippen LogP contribution in [-0.2, 0) is 6.42 Å². The van der Waals surface area contributed by atoms with Crippen molar-refractivity contribution in [3.05, 3.63) is 46.4 Å². The lowest BCUT2D eigenvalue weighted by molar-refractivity contribution is 0.0697. The Morgan fingerprint density at radius 2 is 2.00 bits per heavy atom. The van der Waals surface area contributed by atoms with Gasteiger partial charge in [0.25, 0.3) is 0 Å². The van der Waals surface area contributed by atoms with Crippen molar-refractivity contribution in [3.8, 4) is 0 Å². The van der Waals surface area contributed by atoms with Gasteiger partial charge in [0.2, 0.25) is 0 Å². The summed E-state index contributed by atoms with van der Waals surface area (Å²) in [6.45, 7) is 1.61. The third-order valence-corrected chi connectivity index (χ3v) is 4.13. The number of nitrogens with one attached hydrogen (secondary N) is 1. The van der Waals surface area contributed by atoms with Crippen LogP contribution in [0.3, 0.4) is 0 Å². The first-order valence-electron chi connectivity index (χ1n) is 6.67. The summed E-state index contributed by atoms with van der Waals surface area (Å²) in [7, 11) is 0. The number of aromatic carboxylic acids is 1. The largest absolute Gasteiger partial charge is 0.478 e. The van der Waals surface area contributed by atoms with Crippen molar-refractivity contribution in [2.45, 2.75) is 12.5 Å². The summed E-state index contributed by atoms with van der Waals surface area (Å²) in [6, 6.07) is 6.87. The number of hydrazine groups is 1. The number of hydrogen-bond donors (Lipinski definition) is 4. The van der Waals surface area contributed by atoms with Gasteiger partial charge in [0.15, 0.2) is 0 Å². The Kier molecular flexibility index (Phi) is 10.5. The second-order valence-corrected chi connectivity index (χ2v) is 5.63. The van der Waals surface area contributed by atoms with Crippen molar-refractivity contribution in [1.82, 2.24) is 9.84 Å². The Labute approximate surface area is 152 Å². The molecule has 1 atom stereocenters. The zero-order valence-corrected chi connectivity index (χ0v) is 14.8. The molecule has 0 spiro atoms. The van der Waals surface area contributed by atoms with Gasteiger partial charge in [0.1, 0.15) is 0 Å². The van der Waals surface area contributed by atoms with Gasteiger partial charge in [0, 0.05) is 19.6 Å². The van der Waals surface area contributed by atoms with E-state index in [4.69, 9.17) is 10.8 Å². The maximum Gasteiger partial charge on any atom is 0.335 e. The van der Waals surface area contributed by atoms with E-state index in [0.717, 1.165) is 24.1 Å². The molecular weight excluding hydrogens is 361 g/mol. The average molecular weight is 382 g/mol. The van der Waals surface area contributed by atoms with E-state index in [-0.39, 0.29) is 31.4 Å². The summed E-state index contributed by atoms with van der Waals surface area (Å²) in [5.41, 5.74) is 11.0. The molecule has 1 aliphatic heterocycles. The number of aliphatic hydroxyl groups excluding tert-OH is 1. The van der Waals surface area contributed by atoms with E-state index in [1.54, 1.807) is 12.1 Å². The fraction of sp³-hybridized carbons (Fsp3) is 0.357. The highest BCUT2D eigenvalue weighted by molar-refractivity contribution is 8.00. The van der Waals surface area contributed by atoms with Gasteiger partial charge in [-0.2, -0.15) is 4.41 Å². The fourth-order valence-corrected chi connectivity index (χ4v) is 2.82. The third-order valence-electron chi connectivity index (χ3n) is 3.21. The summed E-state index contributed by atoms with van der Waals surface area (Å²) in [5.74, 6) is -0.912. The van der Waals surface area contributed by atoms with Crippen LogP contribution in [-0.4, -0.2) is 46.3 Å². The lowest BCUT2D eigenvalue weighted by atomic mass is 10.1. The summed E-state index contributed by atoms with van der Waals surface area (Å²) < 4.78 is 1.94. The Morgan fingerprint density at radius 1 is 1.35 bits per heavy atom. The van der Waals surface area contributed by atoms with E-state index in [2.05, 4.69) is 5.43 Å². The van der Waals surface area contributed by atoms with Crippen LogP contribution in [0.15, 0.2) is 35.2 Å². The number of rotatable bonds is 7. The van der Waals surface area contributed by atoms with Crippen LogP contribution in [0.4, 0.5) is 0 Å². The van der Waals surface area contributed by atoms with Crippen molar-refractivity contribution in [2.24, 2.45) is 5.73 Å². The molecule has 9 heteroatoms. The molecule has 1 heterocycles. The molecule has 0 amide bonds. The minimum atomic E-state index is -0.912. The van der Waals surface area contributed by atoms with Crippen molar-refractivity contribution in [3.63, 3.8) is 0 Å². The number of benzene rings is 1. The smallest absolute Gasteiger partial charge is 0.335 e. The molecule has 6 nitrogen and oxygen atoms in total. The molecule has 0 aliphatic carbocycles. The quantitative estimate of drug-likeness (QED) is 0.530. The second-order valence-electron chi connectivity index (χ2n) is 4.75. The molecule has 1 aromatic carbocycles. The highest BCUT2D eigenvalue weighted by Crippen LogP contribution is 2.23. The van der Waals surface area contributed by atoms with Crippen molar-refractivity contribution >= 4 is 42.7 Å². The number of nitrogens with zero attached hydrogens (tertiary/aromatic N) is 1. The zero-order valence-electron chi connectivity index (χ0n) is 12.3. The molecule has 0 radical (unpaired) electrons. The van der Waals surface area contributed by atoms with Crippen LogP contribution in [0.25, 0.3) is 0 Å². The van der Waals surface area contributed by atoms with Gasteiger partial charge in [-0.05, 0) is 47.0 Å². The Hall–Kier alpha value is -0.800. The van der Waals surface area contributed by atoms with Gasteiger partial charge in [-0.25, -0.2) is 10.2 Å². The zero-order chi connectivity index (χ0) is 15.2. The summed E-state index contributed by atoms with van der Waals surface area (Å²) in [5, 5.41) is 20.4. The number of halogens is 2. The van der Waals surface area contributed by atoms with E-state index in [9.17, 15) is 9.90 Å². The van der Waals surface area contributed by atoms with Crippen LogP contribution in [0.1, 0.15) is 15.9 Å². The number of carboxylic acid groups (broad SMARTS) is 1. The van der Waals surface area contributed by atoms with Gasteiger partial charge in [0.05, 0.1) is 11.7 Å². The summed E-state index contributed by atoms with van der Waals surface area (Å²) in [4.78, 5) is 10.8. The van der Waals surface area contributed by atoms with Gasteiger partial charge in [-0.3, -0.25) is 0 Å². The van der Waals surface area contributed by atoms with Crippen LogP contribution in [0.5, 0.6) is 0 Å². The Bertz CT molecular complexity index is 529. The minimum absolute atomic E-state index is 0. The van der Waals surface area contributed by atoms with E-state index < -0.39 is 12.1 Å². The molecule has 23 heavy (non-hydrogen) atoms. The van der Waals surface area contributed by atoms with Crippen LogP contribution < -0.4 is 11.2 Å². The highest BCUT2D eigenvalue weighted by atomic mass is 35.5. The first kappa shape index (κ1) is 22.2. The molecule has 1 aromatic rings. The number of nitrogens with two attached hydrogens (primary N) is 1. The molecule has 5 N–H and O–H groups in total. The van der Waals surface area contributed by atoms with Crippen molar-refractivity contribution in [1.29, 1.82) is 0 Å². The summed E-state index contributed by atoms with van der Waals surface area (Å²) >= 11 is 1.50. The molecule has 2 rings (SSSR count). The number of carbonyl (C=O) groups is 1. The molecule has 0 saturated heterocycles. The van der Waals surface area contributed by atoms with Crippen molar-refractivity contribution < 1.29 is 15.0 Å². The average Bonchev–Trinajstić information content (AvgIpc) is 2.96. The second kappa shape index (κ2) is 10.9. The SMILES string of the molecule is Cl.Cl.NCC(O)C1=CSN(NCCc2ccc(C(=O)O)cc2)C1. The maximum absolute atomic E-state index is 10.8. The molecule has 0 aromatic heterocycles. The predicted octanol–water partition coefficient (Wildman–Crippen LogP) is 1.44. The Balaban J connectivity index is 0.00000242. The van der Waals surface area contributed by atoms with Crippen molar-refractivity contribution in [2.75, 3.05) is 19.6 Å². The molecular formula is C14H21Cl2N3O3S. The molecule has 1 unspecified atom stereocenters. The monoisotopic (exact) mass is 381 g/mol. The lowest BCUT2D eigenvalue weighted by Gasteiger charge is -2.17. The Morgan fingerprint density at radius 3 is 2.57 bits per heavy atom. The molecule has 130 valence electrons. The first-order chi connectivity index (χ1) is 10.1. The molecule has 0 bridgehead atoms. The van der Waals surface area contributed by atoms with Gasteiger partial charge in [-0.15, -0.1) is 24.8 Å². The van der Waals surface area contributed by atoms with E-state index in [0.29, 0.717) is 12.1 Å². The van der Waals surface area contributed by atoms with Gasteiger partial charge in [-0.1, -0.05) is 12.1 Å². The first-order valence-corrected chi connectivity index (χ1v) is 7.51. The number of carboxylic acids is 1. The number of hydrogen-bond acceptors (Lipinski definition) is 6. The van der Waals surface area contributed by atoms with Gasteiger partial charge >= 0.3 is 5.97 Å². The topological polar surface area (TPSA) is 98.8 Å². The third kappa shape index (κ3) is 6.68. The van der Waals surface area contributed by atoms with E-state index in [1.165, 1.54) is 11.9 Å². The van der Waals surface area contributed by atoms with Crippen LogP contribution in [0, 0.1) is 0 Å². The predicted molar refractivity (Wildman–Crippen MR) is 97.0 cm³/mol. The fourth-order valence-electron chi connectivity index (χ4n) is 1.94. The highest BCUT2D eigenvalue weighted by Gasteiger charge is 2.19.